The summed E-state index contributed by atoms with van der Waals surface area (Å²) in [5.74, 6) is 1.59. The number of rotatable bonds is 24. The minimum absolute atomic E-state index is 0.592. The number of nitrogens with zero attached hydrogens (tertiary/aromatic N) is 8. The molecule has 0 N–H and O–H groups in total. The molecule has 0 unspecified atom stereocenters. The normalized spacial score (nSPS) is 11.8. The Bertz CT molecular complexity index is 1400. The van der Waals surface area contributed by atoms with Crippen molar-refractivity contribution in [1.82, 2.24) is 40.4 Å². The lowest BCUT2D eigenvalue weighted by molar-refractivity contribution is 0.0696. The molecule has 276 valence electrons. The monoisotopic (exact) mass is 728 g/mol. The summed E-state index contributed by atoms with van der Waals surface area (Å²) in [6.07, 6.45) is 3.08. The van der Waals surface area contributed by atoms with Crippen LogP contribution in [0.5, 0.6) is 0 Å². The van der Waals surface area contributed by atoms with Crippen LogP contribution in [0.15, 0.2) is 60.7 Å². The quantitative estimate of drug-likeness (QED) is 0.0853. The van der Waals surface area contributed by atoms with Crippen LogP contribution in [0, 0.1) is 0 Å². The lowest BCUT2D eigenvalue weighted by Gasteiger charge is -2.28. The maximum Gasteiger partial charge on any atom is 0.500 e. The van der Waals surface area contributed by atoms with Gasteiger partial charge >= 0.3 is 17.6 Å². The minimum atomic E-state index is -2.60. The zero-order chi connectivity index (χ0) is 35.9. The molecule has 2 heterocycles. The molecule has 4 rings (SSSR count). The fraction of sp³-hybridized carbons (Fsp3) is 0.588. The molecule has 16 heteroatoms. The van der Waals surface area contributed by atoms with Crippen molar-refractivity contribution < 1.29 is 26.6 Å². The maximum absolute atomic E-state index is 5.89. The number of aryl methyl sites for hydroxylation is 2. The van der Waals surface area contributed by atoms with Gasteiger partial charge < -0.3 is 26.6 Å². The van der Waals surface area contributed by atoms with E-state index in [1.807, 2.05) is 82.6 Å². The number of aromatic nitrogens is 8. The molecule has 0 fully saturated rings. The van der Waals surface area contributed by atoms with Crippen LogP contribution < -0.4 is 0 Å². The zero-order valence-electron chi connectivity index (χ0n) is 30.7. The van der Waals surface area contributed by atoms with E-state index in [1.165, 1.54) is 11.1 Å². The molecule has 0 bridgehead atoms. The van der Waals surface area contributed by atoms with E-state index in [1.54, 1.807) is 4.80 Å². The molecule has 2 aromatic heterocycles. The lowest BCUT2D eigenvalue weighted by atomic mass is 10.1. The van der Waals surface area contributed by atoms with Gasteiger partial charge in [0.2, 0.25) is 0 Å². The Hall–Kier alpha value is -3.23. The van der Waals surface area contributed by atoms with Crippen LogP contribution in [0.3, 0.4) is 0 Å². The van der Waals surface area contributed by atoms with Crippen molar-refractivity contribution in [1.29, 1.82) is 0 Å². The molecule has 14 nitrogen and oxygen atoms in total. The average molecular weight is 729 g/mol. The van der Waals surface area contributed by atoms with Crippen molar-refractivity contribution in [2.24, 2.45) is 0 Å². The molecule has 0 saturated heterocycles. The first-order valence-corrected chi connectivity index (χ1v) is 21.7. The molecular weight excluding hydrogens is 673 g/mol. The van der Waals surface area contributed by atoms with Crippen LogP contribution >= 0.6 is 0 Å². The fourth-order valence-electron chi connectivity index (χ4n) is 5.41. The topological polar surface area (TPSA) is 143 Å². The van der Waals surface area contributed by atoms with Gasteiger partial charge in [-0.15, -0.1) is 15.3 Å². The summed E-state index contributed by atoms with van der Waals surface area (Å²) < 4.78 is 37.1. The average Bonchev–Trinajstić information content (AvgIpc) is 3.75. The molecule has 0 aliphatic rings. The van der Waals surface area contributed by atoms with Crippen LogP contribution in [0.25, 0.3) is 0 Å². The summed E-state index contributed by atoms with van der Waals surface area (Å²) in [6, 6.07) is 21.9. The Morgan fingerprint density at radius 1 is 0.540 bits per heavy atom. The molecule has 0 atom stereocenters. The van der Waals surface area contributed by atoms with Crippen molar-refractivity contribution in [3.8, 4) is 0 Å². The molecule has 2 aromatic carbocycles. The Morgan fingerprint density at radius 3 is 1.48 bits per heavy atom. The number of tetrazole rings is 2. The summed E-state index contributed by atoms with van der Waals surface area (Å²) >= 11 is 0. The lowest BCUT2D eigenvalue weighted by Crippen LogP contribution is -2.46. The number of hydrogen-bond acceptors (Lipinski definition) is 12. The van der Waals surface area contributed by atoms with Gasteiger partial charge in [-0.3, -0.25) is 0 Å². The third-order valence-corrected chi connectivity index (χ3v) is 13.7. The van der Waals surface area contributed by atoms with Crippen LogP contribution in [0.4, 0.5) is 0 Å². The van der Waals surface area contributed by atoms with Crippen LogP contribution in [0.1, 0.15) is 77.2 Å². The summed E-state index contributed by atoms with van der Waals surface area (Å²) in [6.45, 7) is 16.8. The summed E-state index contributed by atoms with van der Waals surface area (Å²) in [5, 5.41) is 24.8. The Balaban J connectivity index is 0.000000270. The van der Waals surface area contributed by atoms with E-state index in [0.717, 1.165) is 49.5 Å². The second kappa shape index (κ2) is 23.3. The van der Waals surface area contributed by atoms with Crippen LogP contribution in [-0.4, -0.2) is 97.7 Å². The molecule has 0 radical (unpaired) electrons. The van der Waals surface area contributed by atoms with Crippen molar-refractivity contribution in [3.05, 3.63) is 83.4 Å². The summed E-state index contributed by atoms with van der Waals surface area (Å²) in [7, 11) is -5.20. The summed E-state index contributed by atoms with van der Waals surface area (Å²) in [4.78, 5) is 1.64. The zero-order valence-corrected chi connectivity index (χ0v) is 32.7. The van der Waals surface area contributed by atoms with Crippen molar-refractivity contribution in [2.45, 2.75) is 92.4 Å². The van der Waals surface area contributed by atoms with Gasteiger partial charge in [-0.2, -0.15) is 4.80 Å². The Kier molecular flexibility index (Phi) is 19.2. The second-order valence-corrected chi connectivity index (χ2v) is 16.6. The van der Waals surface area contributed by atoms with Gasteiger partial charge in [-0.05, 0) is 81.2 Å². The molecule has 0 amide bonds. The first-order valence-electron chi connectivity index (χ1n) is 17.9. The highest BCUT2D eigenvalue weighted by Crippen LogP contribution is 2.20. The SMILES string of the molecule is CCO[Si](CCCn1nnc(Cc2ccccc2)n1)(OCC)OCC.CCO[Si](CCCn1nnnc1Cc1ccccc1)(OCC)OCC. The van der Waals surface area contributed by atoms with Gasteiger partial charge in [0, 0.05) is 71.1 Å². The highest BCUT2D eigenvalue weighted by Gasteiger charge is 2.40. The fourth-order valence-corrected chi connectivity index (χ4v) is 10.6. The van der Waals surface area contributed by atoms with E-state index < -0.39 is 17.6 Å². The van der Waals surface area contributed by atoms with E-state index >= 15 is 0 Å². The third-order valence-electron chi connectivity index (χ3n) is 7.39. The predicted octanol–water partition coefficient (Wildman–Crippen LogP) is 5.40. The minimum Gasteiger partial charge on any atom is -0.374 e. The Morgan fingerprint density at radius 2 is 1.00 bits per heavy atom. The van der Waals surface area contributed by atoms with Gasteiger partial charge in [0.1, 0.15) is 0 Å². The molecule has 0 aliphatic heterocycles. The van der Waals surface area contributed by atoms with E-state index in [2.05, 4.69) is 55.2 Å². The summed E-state index contributed by atoms with van der Waals surface area (Å²) in [5.41, 5.74) is 2.37. The highest BCUT2D eigenvalue weighted by atomic mass is 28.4. The maximum atomic E-state index is 5.89. The standard InChI is InChI=1S/2C17H28N4O3Si/c1-4-22-25(23-5-2,24-6-3)14-10-13-21-17(18-19-20-21)15-16-11-8-7-9-12-16;1-4-22-25(23-5-2,24-6-3)14-10-13-21-19-17(18-20-21)15-16-11-8-7-9-12-16/h2*7-9,11-12H,4-6,10,13-15H2,1-3H3. The molecule has 0 spiro atoms. The van der Waals surface area contributed by atoms with E-state index in [4.69, 9.17) is 26.6 Å². The van der Waals surface area contributed by atoms with Gasteiger partial charge in [0.15, 0.2) is 11.6 Å². The van der Waals surface area contributed by atoms with Gasteiger partial charge in [-0.25, -0.2) is 4.68 Å². The van der Waals surface area contributed by atoms with E-state index in [-0.39, 0.29) is 0 Å². The highest BCUT2D eigenvalue weighted by molar-refractivity contribution is 6.61. The van der Waals surface area contributed by atoms with Gasteiger partial charge in [-0.1, -0.05) is 60.7 Å². The first kappa shape index (κ1) is 41.2. The first-order chi connectivity index (χ1) is 24.4. The van der Waals surface area contributed by atoms with Gasteiger partial charge in [0.25, 0.3) is 0 Å². The van der Waals surface area contributed by atoms with E-state index in [0.29, 0.717) is 52.6 Å². The van der Waals surface area contributed by atoms with Crippen molar-refractivity contribution >= 4 is 17.6 Å². The number of benzene rings is 2. The van der Waals surface area contributed by atoms with Crippen molar-refractivity contribution in [3.63, 3.8) is 0 Å². The molecule has 0 saturated carbocycles. The molecule has 0 aliphatic carbocycles. The van der Waals surface area contributed by atoms with Gasteiger partial charge in [0.05, 0.1) is 6.54 Å². The number of hydrogen-bond donors (Lipinski definition) is 0. The smallest absolute Gasteiger partial charge is 0.374 e. The van der Waals surface area contributed by atoms with E-state index in [9.17, 15) is 0 Å². The molecule has 50 heavy (non-hydrogen) atoms. The van der Waals surface area contributed by atoms with Crippen LogP contribution in [-0.2, 0) is 52.5 Å². The van der Waals surface area contributed by atoms with Crippen LogP contribution in [0.2, 0.25) is 12.1 Å². The van der Waals surface area contributed by atoms with Crippen molar-refractivity contribution in [2.75, 3.05) is 39.6 Å². The Labute approximate surface area is 299 Å². The third kappa shape index (κ3) is 14.2. The second-order valence-electron chi connectivity index (χ2n) is 11.1. The largest absolute Gasteiger partial charge is 0.500 e. The molecule has 4 aromatic rings. The predicted molar refractivity (Wildman–Crippen MR) is 194 cm³/mol. The molecular formula is C34H56N8O6Si2.